The Morgan fingerprint density at radius 3 is 2.50 bits per heavy atom. The van der Waals surface area contributed by atoms with Crippen LogP contribution in [-0.4, -0.2) is 33.7 Å². The maximum absolute atomic E-state index is 12.1. The number of carbonyl (C=O) groups excluding carboxylic acids is 1. The zero-order chi connectivity index (χ0) is 21.4. The average Bonchev–Trinajstić information content (AvgIpc) is 3.17. The lowest BCUT2D eigenvalue weighted by atomic mass is 10.2. The van der Waals surface area contributed by atoms with Gasteiger partial charge in [-0.25, -0.2) is 4.68 Å². The Labute approximate surface area is 171 Å². The summed E-state index contributed by atoms with van der Waals surface area (Å²) in [6, 6.07) is 15.8. The highest BCUT2D eigenvalue weighted by Gasteiger charge is 2.28. The van der Waals surface area contributed by atoms with Crippen LogP contribution < -0.4 is 10.1 Å². The predicted octanol–water partition coefficient (Wildman–Crippen LogP) is 3.60. The summed E-state index contributed by atoms with van der Waals surface area (Å²) in [5, 5.41) is 10.7. The fourth-order valence-electron chi connectivity index (χ4n) is 2.52. The highest BCUT2D eigenvalue weighted by atomic mass is 19.4. The highest BCUT2D eigenvalue weighted by molar-refractivity contribution is 5.91. The van der Waals surface area contributed by atoms with Crippen LogP contribution in [0.3, 0.4) is 0 Å². The lowest BCUT2D eigenvalue weighted by molar-refractivity contribution is -0.153. The second-order valence-electron chi connectivity index (χ2n) is 6.43. The van der Waals surface area contributed by atoms with Gasteiger partial charge in [-0.2, -0.15) is 13.2 Å². The highest BCUT2D eigenvalue weighted by Crippen LogP contribution is 2.18. The van der Waals surface area contributed by atoms with Gasteiger partial charge in [-0.3, -0.25) is 4.79 Å². The van der Waals surface area contributed by atoms with E-state index in [4.69, 9.17) is 0 Å². The normalized spacial score (nSPS) is 11.6. The van der Waals surface area contributed by atoms with Gasteiger partial charge < -0.3 is 10.1 Å². The fourth-order valence-corrected chi connectivity index (χ4v) is 2.52. The number of alkyl halides is 3. The Kier molecular flexibility index (Phi) is 6.84. The summed E-state index contributed by atoms with van der Waals surface area (Å²) in [4.78, 5) is 12.0. The number of hydrogen-bond acceptors (Lipinski definition) is 4. The molecule has 0 aliphatic rings. The van der Waals surface area contributed by atoms with Gasteiger partial charge in [-0.05, 0) is 29.3 Å². The molecular formula is C21H19F3N4O2. The molecule has 1 amide bonds. The summed E-state index contributed by atoms with van der Waals surface area (Å²) in [6.07, 6.45) is 0.248. The molecule has 0 saturated carbocycles. The lowest BCUT2D eigenvalue weighted by Gasteiger charge is -2.09. The molecule has 3 aromatic rings. The van der Waals surface area contributed by atoms with Gasteiger partial charge in [-0.15, -0.1) is 5.10 Å². The van der Waals surface area contributed by atoms with Gasteiger partial charge >= 0.3 is 6.18 Å². The van der Waals surface area contributed by atoms with Crippen LogP contribution in [0.4, 0.5) is 13.2 Å². The van der Waals surface area contributed by atoms with E-state index in [9.17, 15) is 18.0 Å². The van der Waals surface area contributed by atoms with Crippen LogP contribution in [0, 0.1) is 0 Å². The largest absolute Gasteiger partial charge is 0.484 e. The Balaban J connectivity index is 1.45. The van der Waals surface area contributed by atoms with Gasteiger partial charge in [0.15, 0.2) is 6.61 Å². The molecule has 0 radical (unpaired) electrons. The minimum atomic E-state index is -4.38. The molecule has 0 atom stereocenters. The zero-order valence-electron chi connectivity index (χ0n) is 15.8. The van der Waals surface area contributed by atoms with E-state index in [1.54, 1.807) is 29.1 Å². The zero-order valence-corrected chi connectivity index (χ0v) is 15.8. The Morgan fingerprint density at radius 2 is 1.80 bits per heavy atom. The summed E-state index contributed by atoms with van der Waals surface area (Å²) >= 11 is 0. The molecule has 0 saturated heterocycles. The van der Waals surface area contributed by atoms with Crippen molar-refractivity contribution in [1.29, 1.82) is 0 Å². The molecule has 0 aliphatic carbocycles. The van der Waals surface area contributed by atoms with Gasteiger partial charge in [0.1, 0.15) is 11.4 Å². The SMILES string of the molecule is O=C(/C=C/c1cn(Cc2ccccc2)nn1)NCc1ccc(OCC(F)(F)F)cc1. The minimum absolute atomic E-state index is 0.112. The number of benzene rings is 2. The van der Waals surface area contributed by atoms with E-state index in [2.05, 4.69) is 20.4 Å². The number of carbonyl (C=O) groups is 1. The van der Waals surface area contributed by atoms with Crippen molar-refractivity contribution < 1.29 is 22.7 Å². The van der Waals surface area contributed by atoms with Crippen molar-refractivity contribution in [3.63, 3.8) is 0 Å². The summed E-state index contributed by atoms with van der Waals surface area (Å²) in [5.41, 5.74) is 2.36. The summed E-state index contributed by atoms with van der Waals surface area (Å²) < 4.78 is 42.7. The second kappa shape index (κ2) is 9.73. The van der Waals surface area contributed by atoms with Gasteiger partial charge in [0.25, 0.3) is 0 Å². The van der Waals surface area contributed by atoms with E-state index in [1.807, 2.05) is 30.3 Å². The summed E-state index contributed by atoms with van der Waals surface area (Å²) in [6.45, 7) is -0.538. The first kappa shape index (κ1) is 21.1. The molecule has 0 spiro atoms. The molecule has 156 valence electrons. The van der Waals surface area contributed by atoms with Crippen LogP contribution in [-0.2, 0) is 17.9 Å². The first-order valence-corrected chi connectivity index (χ1v) is 9.06. The molecule has 0 unspecified atom stereocenters. The van der Waals surface area contributed by atoms with Crippen LogP contribution in [0.15, 0.2) is 66.9 Å². The monoisotopic (exact) mass is 416 g/mol. The van der Waals surface area contributed by atoms with Crippen LogP contribution in [0.2, 0.25) is 0 Å². The summed E-state index contributed by atoms with van der Waals surface area (Å²) in [7, 11) is 0. The maximum atomic E-state index is 12.1. The first-order valence-electron chi connectivity index (χ1n) is 9.06. The van der Waals surface area contributed by atoms with Crippen LogP contribution >= 0.6 is 0 Å². The molecule has 9 heteroatoms. The maximum Gasteiger partial charge on any atom is 0.422 e. The first-order chi connectivity index (χ1) is 14.4. The molecule has 30 heavy (non-hydrogen) atoms. The molecule has 0 aliphatic heterocycles. The van der Waals surface area contributed by atoms with E-state index < -0.39 is 12.8 Å². The van der Waals surface area contributed by atoms with Crippen molar-refractivity contribution in [2.75, 3.05) is 6.61 Å². The van der Waals surface area contributed by atoms with E-state index in [1.165, 1.54) is 18.2 Å². The number of ether oxygens (including phenoxy) is 1. The van der Waals surface area contributed by atoms with Gasteiger partial charge in [0.2, 0.25) is 5.91 Å². The third-order valence-corrected chi connectivity index (χ3v) is 3.94. The number of rotatable bonds is 8. The predicted molar refractivity (Wildman–Crippen MR) is 104 cm³/mol. The molecule has 3 rings (SSSR count). The second-order valence-corrected chi connectivity index (χ2v) is 6.43. The van der Waals surface area contributed by atoms with Gasteiger partial charge in [0, 0.05) is 12.6 Å². The number of amides is 1. The summed E-state index contributed by atoms with van der Waals surface area (Å²) in [5.74, 6) is -0.217. The Hall–Kier alpha value is -3.62. The number of aromatic nitrogens is 3. The molecule has 1 heterocycles. The molecule has 6 nitrogen and oxygen atoms in total. The smallest absolute Gasteiger partial charge is 0.422 e. The third kappa shape index (κ3) is 7.08. The molecular weight excluding hydrogens is 397 g/mol. The number of nitrogens with one attached hydrogen (secondary N) is 1. The molecule has 1 N–H and O–H groups in total. The topological polar surface area (TPSA) is 69.0 Å². The average molecular weight is 416 g/mol. The van der Waals surface area contributed by atoms with E-state index in [-0.39, 0.29) is 18.2 Å². The third-order valence-electron chi connectivity index (χ3n) is 3.94. The van der Waals surface area contributed by atoms with E-state index >= 15 is 0 Å². The standard InChI is InChI=1S/C21H19F3N4O2/c22-21(23,24)15-30-19-9-6-16(7-10-19)12-25-20(29)11-8-18-14-28(27-26-18)13-17-4-2-1-3-5-17/h1-11,14H,12-13,15H2,(H,25,29)/b11-8+. The number of nitrogens with zero attached hydrogens (tertiary/aromatic N) is 3. The molecule has 2 aromatic carbocycles. The van der Waals surface area contributed by atoms with E-state index in [0.717, 1.165) is 11.1 Å². The van der Waals surface area contributed by atoms with Gasteiger partial charge in [0.05, 0.1) is 12.7 Å². The molecule has 0 bridgehead atoms. The minimum Gasteiger partial charge on any atom is -0.484 e. The lowest BCUT2D eigenvalue weighted by Crippen LogP contribution is -2.20. The molecule has 0 fully saturated rings. The quantitative estimate of drug-likeness (QED) is 0.570. The number of hydrogen-bond donors (Lipinski definition) is 1. The fraction of sp³-hybridized carbons (Fsp3) is 0.190. The number of halogens is 3. The Morgan fingerprint density at radius 1 is 1.07 bits per heavy atom. The van der Waals surface area contributed by atoms with Crippen molar-refractivity contribution in [3.05, 3.63) is 83.7 Å². The van der Waals surface area contributed by atoms with Gasteiger partial charge in [-0.1, -0.05) is 47.7 Å². The van der Waals surface area contributed by atoms with Crippen LogP contribution in [0.1, 0.15) is 16.8 Å². The van der Waals surface area contributed by atoms with Crippen LogP contribution in [0.5, 0.6) is 5.75 Å². The van der Waals surface area contributed by atoms with Crippen molar-refractivity contribution in [3.8, 4) is 5.75 Å². The van der Waals surface area contributed by atoms with Crippen molar-refractivity contribution in [2.24, 2.45) is 0 Å². The molecule has 1 aromatic heterocycles. The van der Waals surface area contributed by atoms with Crippen molar-refractivity contribution in [2.45, 2.75) is 19.3 Å². The van der Waals surface area contributed by atoms with Crippen LogP contribution in [0.25, 0.3) is 6.08 Å². The Bertz CT molecular complexity index is 983. The van der Waals surface area contributed by atoms with E-state index in [0.29, 0.717) is 12.2 Å². The van der Waals surface area contributed by atoms with Crippen molar-refractivity contribution in [1.82, 2.24) is 20.3 Å². The van der Waals surface area contributed by atoms with Crippen molar-refractivity contribution >= 4 is 12.0 Å².